The van der Waals surface area contributed by atoms with E-state index in [1.165, 1.54) is 24.3 Å². The van der Waals surface area contributed by atoms with E-state index >= 15 is 0 Å². The van der Waals surface area contributed by atoms with E-state index in [4.69, 9.17) is 14.6 Å². The lowest BCUT2D eigenvalue weighted by Crippen LogP contribution is -2.03. The van der Waals surface area contributed by atoms with Crippen molar-refractivity contribution in [2.24, 2.45) is 0 Å². The normalized spacial score (nSPS) is 10.2. The minimum absolute atomic E-state index is 0.146. The van der Waals surface area contributed by atoms with Crippen molar-refractivity contribution in [2.45, 2.75) is 20.5 Å². The SMILES string of the molecule is COc1cc(COc2ccc(C)c(C)c2)ccc1C(=O)O. The average Bonchev–Trinajstić information content (AvgIpc) is 2.48. The van der Waals surface area contributed by atoms with E-state index in [1.807, 2.05) is 25.1 Å². The Labute approximate surface area is 123 Å². The van der Waals surface area contributed by atoms with Gasteiger partial charge in [-0.1, -0.05) is 12.1 Å². The highest BCUT2D eigenvalue weighted by Gasteiger charge is 2.11. The van der Waals surface area contributed by atoms with Gasteiger partial charge in [-0.05, 0) is 54.8 Å². The van der Waals surface area contributed by atoms with Gasteiger partial charge in [-0.25, -0.2) is 4.79 Å². The van der Waals surface area contributed by atoms with Crippen LogP contribution >= 0.6 is 0 Å². The second kappa shape index (κ2) is 6.31. The largest absolute Gasteiger partial charge is 0.496 e. The minimum Gasteiger partial charge on any atom is -0.496 e. The number of carboxylic acids is 1. The summed E-state index contributed by atoms with van der Waals surface area (Å²) in [5.41, 5.74) is 3.39. The molecular formula is C17H18O4. The Kier molecular flexibility index (Phi) is 4.48. The third-order valence-corrected chi connectivity index (χ3v) is 3.38. The van der Waals surface area contributed by atoms with Crippen molar-refractivity contribution < 1.29 is 19.4 Å². The molecule has 0 radical (unpaired) electrons. The molecule has 0 saturated heterocycles. The zero-order chi connectivity index (χ0) is 15.4. The number of hydrogen-bond acceptors (Lipinski definition) is 3. The number of benzene rings is 2. The van der Waals surface area contributed by atoms with Gasteiger partial charge in [0.1, 0.15) is 23.7 Å². The van der Waals surface area contributed by atoms with Crippen LogP contribution in [0.1, 0.15) is 27.0 Å². The molecule has 2 aromatic rings. The fraction of sp³-hybridized carbons (Fsp3) is 0.235. The smallest absolute Gasteiger partial charge is 0.339 e. The van der Waals surface area contributed by atoms with Gasteiger partial charge >= 0.3 is 5.97 Å². The first-order valence-electron chi connectivity index (χ1n) is 6.61. The zero-order valence-corrected chi connectivity index (χ0v) is 12.3. The van der Waals surface area contributed by atoms with Crippen LogP contribution in [0.4, 0.5) is 0 Å². The van der Waals surface area contributed by atoms with Gasteiger partial charge in [0, 0.05) is 0 Å². The van der Waals surface area contributed by atoms with Crippen molar-refractivity contribution >= 4 is 5.97 Å². The molecule has 0 bridgehead atoms. The Morgan fingerprint density at radius 1 is 1.10 bits per heavy atom. The number of methoxy groups -OCH3 is 1. The molecule has 0 aliphatic carbocycles. The molecule has 0 heterocycles. The molecule has 0 aliphatic rings. The molecular weight excluding hydrogens is 268 g/mol. The van der Waals surface area contributed by atoms with Crippen molar-refractivity contribution in [3.63, 3.8) is 0 Å². The van der Waals surface area contributed by atoms with Crippen LogP contribution in [0.15, 0.2) is 36.4 Å². The summed E-state index contributed by atoms with van der Waals surface area (Å²) in [6, 6.07) is 10.9. The summed E-state index contributed by atoms with van der Waals surface area (Å²) in [6.45, 7) is 4.44. The summed E-state index contributed by atoms with van der Waals surface area (Å²) in [5, 5.41) is 9.04. The van der Waals surface area contributed by atoms with Gasteiger partial charge in [0.05, 0.1) is 7.11 Å². The maximum absolute atomic E-state index is 11.0. The molecule has 0 spiro atoms. The molecule has 110 valence electrons. The first-order valence-corrected chi connectivity index (χ1v) is 6.61. The Morgan fingerprint density at radius 3 is 2.48 bits per heavy atom. The van der Waals surface area contributed by atoms with Crippen molar-refractivity contribution in [3.05, 3.63) is 58.7 Å². The van der Waals surface area contributed by atoms with Crippen LogP contribution in [0, 0.1) is 13.8 Å². The van der Waals surface area contributed by atoms with Crippen molar-refractivity contribution in [1.29, 1.82) is 0 Å². The Hall–Kier alpha value is -2.49. The standard InChI is InChI=1S/C17H18O4/c1-11-4-6-14(8-12(11)2)21-10-13-5-7-15(17(18)19)16(9-13)20-3/h4-9H,10H2,1-3H3,(H,18,19). The summed E-state index contributed by atoms with van der Waals surface area (Å²) < 4.78 is 10.8. The molecule has 21 heavy (non-hydrogen) atoms. The first-order chi connectivity index (χ1) is 10.0. The molecule has 0 saturated carbocycles. The quantitative estimate of drug-likeness (QED) is 0.912. The summed E-state index contributed by atoms with van der Waals surface area (Å²) in [5.74, 6) is 0.122. The Balaban J connectivity index is 2.13. The second-order valence-corrected chi connectivity index (χ2v) is 4.87. The highest BCUT2D eigenvalue weighted by molar-refractivity contribution is 5.90. The molecule has 2 rings (SSSR count). The number of carboxylic acid groups (broad SMARTS) is 1. The van der Waals surface area contributed by atoms with E-state index in [2.05, 4.69) is 6.92 Å². The van der Waals surface area contributed by atoms with Crippen LogP contribution in [0.2, 0.25) is 0 Å². The van der Waals surface area contributed by atoms with Crippen LogP contribution in [0.3, 0.4) is 0 Å². The van der Waals surface area contributed by atoms with E-state index in [0.29, 0.717) is 12.4 Å². The van der Waals surface area contributed by atoms with Gasteiger partial charge in [-0.15, -0.1) is 0 Å². The fourth-order valence-corrected chi connectivity index (χ4v) is 1.97. The second-order valence-electron chi connectivity index (χ2n) is 4.87. The number of ether oxygens (including phenoxy) is 2. The summed E-state index contributed by atoms with van der Waals surface area (Å²) >= 11 is 0. The molecule has 4 nitrogen and oxygen atoms in total. The van der Waals surface area contributed by atoms with E-state index in [0.717, 1.165) is 11.3 Å². The molecule has 1 N–H and O–H groups in total. The third kappa shape index (κ3) is 3.54. The lowest BCUT2D eigenvalue weighted by molar-refractivity contribution is 0.0693. The fourth-order valence-electron chi connectivity index (χ4n) is 1.97. The predicted octanol–water partition coefficient (Wildman–Crippen LogP) is 3.59. The van der Waals surface area contributed by atoms with E-state index in [-0.39, 0.29) is 5.56 Å². The number of aromatic carboxylic acids is 1. The van der Waals surface area contributed by atoms with Crippen LogP contribution in [-0.2, 0) is 6.61 Å². The molecule has 4 heteroatoms. The van der Waals surface area contributed by atoms with E-state index < -0.39 is 5.97 Å². The number of hydrogen-bond donors (Lipinski definition) is 1. The van der Waals surface area contributed by atoms with E-state index in [1.54, 1.807) is 12.1 Å². The summed E-state index contributed by atoms with van der Waals surface area (Å²) in [4.78, 5) is 11.0. The van der Waals surface area contributed by atoms with Gasteiger partial charge in [-0.2, -0.15) is 0 Å². The molecule has 0 amide bonds. The Bertz CT molecular complexity index is 662. The number of carbonyl (C=O) groups is 1. The van der Waals surface area contributed by atoms with Gasteiger partial charge in [0.25, 0.3) is 0 Å². The Morgan fingerprint density at radius 2 is 1.86 bits per heavy atom. The molecule has 0 atom stereocenters. The van der Waals surface area contributed by atoms with E-state index in [9.17, 15) is 4.79 Å². The average molecular weight is 286 g/mol. The minimum atomic E-state index is -1.01. The monoisotopic (exact) mass is 286 g/mol. The van der Waals surface area contributed by atoms with Crippen molar-refractivity contribution in [2.75, 3.05) is 7.11 Å². The van der Waals surface area contributed by atoms with Crippen LogP contribution < -0.4 is 9.47 Å². The van der Waals surface area contributed by atoms with Gasteiger partial charge in [0.15, 0.2) is 0 Å². The highest BCUT2D eigenvalue weighted by atomic mass is 16.5. The van der Waals surface area contributed by atoms with Crippen LogP contribution in [0.25, 0.3) is 0 Å². The maximum Gasteiger partial charge on any atom is 0.339 e. The van der Waals surface area contributed by atoms with Gasteiger partial charge < -0.3 is 14.6 Å². The summed E-state index contributed by atoms with van der Waals surface area (Å²) in [7, 11) is 1.45. The molecule has 0 fully saturated rings. The molecule has 0 aliphatic heterocycles. The highest BCUT2D eigenvalue weighted by Crippen LogP contribution is 2.22. The third-order valence-electron chi connectivity index (χ3n) is 3.38. The number of rotatable bonds is 5. The molecule has 0 aromatic heterocycles. The van der Waals surface area contributed by atoms with Gasteiger partial charge in [0.2, 0.25) is 0 Å². The number of aryl methyl sites for hydroxylation is 2. The van der Waals surface area contributed by atoms with Crippen LogP contribution in [-0.4, -0.2) is 18.2 Å². The van der Waals surface area contributed by atoms with Crippen LogP contribution in [0.5, 0.6) is 11.5 Å². The van der Waals surface area contributed by atoms with Crippen molar-refractivity contribution in [3.8, 4) is 11.5 Å². The molecule has 0 unspecified atom stereocenters. The predicted molar refractivity (Wildman–Crippen MR) is 80.2 cm³/mol. The maximum atomic E-state index is 11.0. The zero-order valence-electron chi connectivity index (χ0n) is 12.3. The molecule has 2 aromatic carbocycles. The van der Waals surface area contributed by atoms with Gasteiger partial charge in [-0.3, -0.25) is 0 Å². The summed E-state index contributed by atoms with van der Waals surface area (Å²) in [6.07, 6.45) is 0. The first kappa shape index (κ1) is 14.9. The lowest BCUT2D eigenvalue weighted by atomic mass is 10.1. The van der Waals surface area contributed by atoms with Crippen molar-refractivity contribution in [1.82, 2.24) is 0 Å². The topological polar surface area (TPSA) is 55.8 Å². The lowest BCUT2D eigenvalue weighted by Gasteiger charge is -2.10.